The summed E-state index contributed by atoms with van der Waals surface area (Å²) in [5.74, 6) is 0.935. The zero-order valence-corrected chi connectivity index (χ0v) is 19.5. The number of esters is 1. The van der Waals surface area contributed by atoms with Crippen molar-refractivity contribution < 1.29 is 23.8 Å². The summed E-state index contributed by atoms with van der Waals surface area (Å²) in [6.07, 6.45) is 3.86. The summed E-state index contributed by atoms with van der Waals surface area (Å²) in [7, 11) is 0. The minimum Gasteiger partial charge on any atom is -0.486 e. The van der Waals surface area contributed by atoms with E-state index >= 15 is 0 Å². The predicted molar refractivity (Wildman–Crippen MR) is 125 cm³/mol. The molecule has 1 fully saturated rings. The Hall–Kier alpha value is -3.62. The molecule has 1 atom stereocenters. The summed E-state index contributed by atoms with van der Waals surface area (Å²) in [5, 5.41) is 7.90. The van der Waals surface area contributed by atoms with Crippen molar-refractivity contribution in [2.24, 2.45) is 5.92 Å². The van der Waals surface area contributed by atoms with Gasteiger partial charge in [-0.05, 0) is 63.8 Å². The highest BCUT2D eigenvalue weighted by molar-refractivity contribution is 6.04. The van der Waals surface area contributed by atoms with E-state index < -0.39 is 5.97 Å². The first-order valence-corrected chi connectivity index (χ1v) is 11.7. The van der Waals surface area contributed by atoms with Crippen LogP contribution in [-0.2, 0) is 9.53 Å². The van der Waals surface area contributed by atoms with Gasteiger partial charge < -0.3 is 19.5 Å². The van der Waals surface area contributed by atoms with E-state index in [0.29, 0.717) is 52.9 Å². The topological polar surface area (TPSA) is 105 Å². The van der Waals surface area contributed by atoms with Gasteiger partial charge in [0.2, 0.25) is 0 Å². The van der Waals surface area contributed by atoms with Crippen LogP contribution < -0.4 is 14.8 Å². The lowest BCUT2D eigenvalue weighted by molar-refractivity contribution is -0.124. The van der Waals surface area contributed by atoms with Crippen LogP contribution in [0.2, 0.25) is 0 Å². The normalized spacial score (nSPS) is 15.9. The van der Waals surface area contributed by atoms with Crippen molar-refractivity contribution in [1.29, 1.82) is 0 Å². The number of rotatable bonds is 7. The summed E-state index contributed by atoms with van der Waals surface area (Å²) in [5.41, 5.74) is 2.23. The van der Waals surface area contributed by atoms with Crippen LogP contribution in [-0.4, -0.2) is 52.5 Å². The van der Waals surface area contributed by atoms with Gasteiger partial charge in [-0.25, -0.2) is 14.5 Å². The Bertz CT molecular complexity index is 1250. The first-order chi connectivity index (χ1) is 16.4. The van der Waals surface area contributed by atoms with E-state index in [1.54, 1.807) is 16.9 Å². The number of nitrogens with zero attached hydrogens (tertiary/aromatic N) is 3. The lowest BCUT2D eigenvalue weighted by Gasteiger charge is -2.19. The minimum atomic E-state index is -0.594. The Morgan fingerprint density at radius 3 is 2.65 bits per heavy atom. The van der Waals surface area contributed by atoms with E-state index in [1.165, 1.54) is 0 Å². The van der Waals surface area contributed by atoms with E-state index in [9.17, 15) is 9.59 Å². The van der Waals surface area contributed by atoms with Crippen molar-refractivity contribution in [2.75, 3.05) is 19.8 Å². The number of pyridine rings is 1. The lowest BCUT2D eigenvalue weighted by Crippen LogP contribution is -2.37. The summed E-state index contributed by atoms with van der Waals surface area (Å²) < 4.78 is 18.5. The van der Waals surface area contributed by atoms with E-state index in [2.05, 4.69) is 10.4 Å². The van der Waals surface area contributed by atoms with Crippen molar-refractivity contribution in [3.8, 4) is 22.8 Å². The maximum absolute atomic E-state index is 13.1. The van der Waals surface area contributed by atoms with Crippen LogP contribution in [0, 0.1) is 5.92 Å². The van der Waals surface area contributed by atoms with Crippen molar-refractivity contribution >= 4 is 22.9 Å². The molecule has 1 aromatic carbocycles. The minimum absolute atomic E-state index is 0.0408. The molecule has 1 N–H and O–H groups in total. The molecule has 0 saturated heterocycles. The molecule has 5 rings (SSSR count). The Balaban J connectivity index is 1.45. The molecule has 3 heterocycles. The molecule has 1 aliphatic heterocycles. The highest BCUT2D eigenvalue weighted by Crippen LogP contribution is 2.35. The molecule has 1 aliphatic carbocycles. The quantitative estimate of drug-likeness (QED) is 0.534. The molecule has 1 unspecified atom stereocenters. The molecule has 0 radical (unpaired) electrons. The van der Waals surface area contributed by atoms with E-state index in [1.807, 2.05) is 39.0 Å². The Morgan fingerprint density at radius 2 is 1.91 bits per heavy atom. The largest absolute Gasteiger partial charge is 0.486 e. The second-order valence-electron chi connectivity index (χ2n) is 9.10. The van der Waals surface area contributed by atoms with E-state index in [-0.39, 0.29) is 24.6 Å². The zero-order valence-electron chi connectivity index (χ0n) is 19.5. The molecular weight excluding hydrogens is 436 g/mol. The van der Waals surface area contributed by atoms with Crippen molar-refractivity contribution in [3.05, 3.63) is 36.0 Å². The molecule has 2 aromatic heterocycles. The molecule has 178 valence electrons. The lowest BCUT2D eigenvalue weighted by atomic mass is 10.1. The molecule has 0 bridgehead atoms. The number of nitrogens with one attached hydrogen (secondary N) is 1. The fourth-order valence-electron chi connectivity index (χ4n) is 4.13. The molecule has 2 aliphatic rings. The molecule has 34 heavy (non-hydrogen) atoms. The number of benzene rings is 1. The number of ether oxygens (including phenoxy) is 3. The number of aromatic nitrogens is 3. The molecule has 1 saturated carbocycles. The maximum Gasteiger partial charge on any atom is 0.339 e. The van der Waals surface area contributed by atoms with Crippen molar-refractivity contribution in [1.82, 2.24) is 20.1 Å². The van der Waals surface area contributed by atoms with Crippen LogP contribution in [0.5, 0.6) is 11.5 Å². The van der Waals surface area contributed by atoms with Gasteiger partial charge >= 0.3 is 5.97 Å². The number of carbonyl (C=O) groups is 2. The number of carbonyl (C=O) groups excluding carboxylic acids is 2. The van der Waals surface area contributed by atoms with Gasteiger partial charge in [0.15, 0.2) is 23.8 Å². The first-order valence-electron chi connectivity index (χ1n) is 11.7. The van der Waals surface area contributed by atoms with Gasteiger partial charge in [0.1, 0.15) is 13.2 Å². The molecule has 1 amide bonds. The van der Waals surface area contributed by atoms with Gasteiger partial charge in [-0.1, -0.05) is 0 Å². The molecule has 3 aromatic rings. The first kappa shape index (κ1) is 22.2. The van der Waals surface area contributed by atoms with Crippen molar-refractivity contribution in [2.45, 2.75) is 45.7 Å². The van der Waals surface area contributed by atoms with Gasteiger partial charge in [0, 0.05) is 17.6 Å². The van der Waals surface area contributed by atoms with Gasteiger partial charge in [0.05, 0.1) is 22.8 Å². The van der Waals surface area contributed by atoms with Crippen LogP contribution in [0.3, 0.4) is 0 Å². The zero-order chi connectivity index (χ0) is 23.8. The predicted octanol–water partition coefficient (Wildman–Crippen LogP) is 3.52. The van der Waals surface area contributed by atoms with Crippen LogP contribution >= 0.6 is 0 Å². The Kier molecular flexibility index (Phi) is 5.85. The molecule has 0 spiro atoms. The third-order valence-electron chi connectivity index (χ3n) is 6.17. The average molecular weight is 465 g/mol. The molecular formula is C25H28N4O5. The second-order valence-corrected chi connectivity index (χ2v) is 9.10. The summed E-state index contributed by atoms with van der Waals surface area (Å²) in [6, 6.07) is 7.36. The summed E-state index contributed by atoms with van der Waals surface area (Å²) >= 11 is 0. The van der Waals surface area contributed by atoms with Crippen molar-refractivity contribution in [3.63, 3.8) is 0 Å². The monoisotopic (exact) mass is 464 g/mol. The highest BCUT2D eigenvalue weighted by atomic mass is 16.6. The Morgan fingerprint density at radius 1 is 1.15 bits per heavy atom. The average Bonchev–Trinajstić information content (AvgIpc) is 3.60. The third-order valence-corrected chi connectivity index (χ3v) is 6.17. The van der Waals surface area contributed by atoms with Crippen LogP contribution in [0.25, 0.3) is 22.3 Å². The second kappa shape index (κ2) is 8.96. The highest BCUT2D eigenvalue weighted by Gasteiger charge is 2.29. The molecule has 9 heteroatoms. The summed E-state index contributed by atoms with van der Waals surface area (Å²) in [6.45, 7) is 6.61. The number of amides is 1. The van der Waals surface area contributed by atoms with Gasteiger partial charge in [-0.3, -0.25) is 4.79 Å². The third kappa shape index (κ3) is 4.42. The van der Waals surface area contributed by atoms with Crippen LogP contribution in [0.15, 0.2) is 30.5 Å². The summed E-state index contributed by atoms with van der Waals surface area (Å²) in [4.78, 5) is 30.1. The van der Waals surface area contributed by atoms with E-state index in [0.717, 1.165) is 18.4 Å². The fraction of sp³-hybridized carbons (Fsp3) is 0.440. The standard InChI is InChI=1S/C25H28N4O5/c1-14(2)29-24-19(12-26-29)18(25(31)34-13-23(30)27-15(3)16-4-5-16)11-20(28-24)17-6-7-21-22(10-17)33-9-8-32-21/h6-7,10-12,14-16H,4-5,8-9,13H2,1-3H3,(H,27,30). The van der Waals surface area contributed by atoms with Crippen LogP contribution in [0.1, 0.15) is 50.0 Å². The Labute approximate surface area is 197 Å². The van der Waals surface area contributed by atoms with Gasteiger partial charge in [-0.15, -0.1) is 0 Å². The number of fused-ring (bicyclic) bond motifs is 2. The number of hydrogen-bond donors (Lipinski definition) is 1. The molecule has 9 nitrogen and oxygen atoms in total. The van der Waals surface area contributed by atoms with Gasteiger partial charge in [-0.2, -0.15) is 5.10 Å². The maximum atomic E-state index is 13.1. The van der Waals surface area contributed by atoms with E-state index in [4.69, 9.17) is 19.2 Å². The number of hydrogen-bond acceptors (Lipinski definition) is 7. The smallest absolute Gasteiger partial charge is 0.339 e. The SMILES string of the molecule is CC(NC(=O)COC(=O)c1cc(-c2ccc3c(c2)OCCO3)nc2c1cnn2C(C)C)C1CC1. The fourth-order valence-corrected chi connectivity index (χ4v) is 4.13. The van der Waals surface area contributed by atoms with Crippen LogP contribution in [0.4, 0.5) is 0 Å². The van der Waals surface area contributed by atoms with Gasteiger partial charge in [0.25, 0.3) is 5.91 Å².